The zero-order valence-electron chi connectivity index (χ0n) is 20.7. The Morgan fingerprint density at radius 2 is 1.89 bits per heavy atom. The van der Waals surface area contributed by atoms with Gasteiger partial charge in [0.2, 0.25) is 0 Å². The quantitative estimate of drug-likeness (QED) is 0.387. The Balaban J connectivity index is 1.53. The average Bonchev–Trinajstić information content (AvgIpc) is 3.29. The monoisotopic (exact) mass is 491 g/mol. The minimum atomic E-state index is -1.11. The number of fused-ring (bicyclic) bond motifs is 1. The summed E-state index contributed by atoms with van der Waals surface area (Å²) < 4.78 is 20.0. The summed E-state index contributed by atoms with van der Waals surface area (Å²) in [4.78, 5) is 19.4. The molecule has 8 nitrogen and oxygen atoms in total. The van der Waals surface area contributed by atoms with Gasteiger partial charge in [0, 0.05) is 52.5 Å². The van der Waals surface area contributed by atoms with E-state index in [1.54, 1.807) is 31.8 Å². The van der Waals surface area contributed by atoms with Crippen LogP contribution in [0.4, 0.5) is 16.2 Å². The standard InChI is InChI=1S/C26H29N5O3S/c1-17-13-19(30(5)25(32)29-18-15-28-31(16-18)26(2,3)4)7-10-23(17)34-24-11-12-27-22-9-8-20(35(6)33)14-21(22)24/h7-16H,1-6H3,(H,29,32). The van der Waals surface area contributed by atoms with Crippen LogP contribution in [0.3, 0.4) is 0 Å². The van der Waals surface area contributed by atoms with E-state index in [0.29, 0.717) is 22.1 Å². The van der Waals surface area contributed by atoms with Crippen molar-refractivity contribution in [1.82, 2.24) is 14.8 Å². The molecular weight excluding hydrogens is 462 g/mol. The lowest BCUT2D eigenvalue weighted by molar-refractivity contribution is 0.258. The molecule has 182 valence electrons. The molecule has 2 amide bonds. The Kier molecular flexibility index (Phi) is 6.62. The van der Waals surface area contributed by atoms with Gasteiger partial charge < -0.3 is 10.1 Å². The number of rotatable bonds is 5. The Hall–Kier alpha value is -3.72. The minimum absolute atomic E-state index is 0.169. The van der Waals surface area contributed by atoms with Gasteiger partial charge in [-0.3, -0.25) is 18.8 Å². The first-order valence-corrected chi connectivity index (χ1v) is 12.7. The number of anilines is 2. The van der Waals surface area contributed by atoms with E-state index in [-0.39, 0.29) is 11.6 Å². The highest BCUT2D eigenvalue weighted by atomic mass is 32.2. The number of urea groups is 1. The molecule has 2 aromatic heterocycles. The molecule has 0 aliphatic heterocycles. The second-order valence-electron chi connectivity index (χ2n) is 9.33. The first-order chi connectivity index (χ1) is 16.5. The van der Waals surface area contributed by atoms with Gasteiger partial charge in [0.25, 0.3) is 0 Å². The molecule has 0 saturated carbocycles. The van der Waals surface area contributed by atoms with Gasteiger partial charge in [0.05, 0.1) is 22.9 Å². The number of amides is 2. The van der Waals surface area contributed by atoms with Crippen LogP contribution in [0.2, 0.25) is 0 Å². The number of hydrogen-bond acceptors (Lipinski definition) is 5. The van der Waals surface area contributed by atoms with Crippen molar-refractivity contribution in [2.45, 2.75) is 38.1 Å². The van der Waals surface area contributed by atoms with Crippen molar-refractivity contribution >= 4 is 39.1 Å². The number of carbonyl (C=O) groups excluding carboxylic acids is 1. The molecule has 2 heterocycles. The molecule has 0 fully saturated rings. The largest absolute Gasteiger partial charge is 0.456 e. The van der Waals surface area contributed by atoms with Crippen LogP contribution in [0.5, 0.6) is 11.5 Å². The van der Waals surface area contributed by atoms with Gasteiger partial charge >= 0.3 is 6.03 Å². The summed E-state index contributed by atoms with van der Waals surface area (Å²) in [5, 5.41) is 7.99. The summed E-state index contributed by atoms with van der Waals surface area (Å²) in [5.74, 6) is 1.28. The van der Waals surface area contributed by atoms with Crippen LogP contribution >= 0.6 is 0 Å². The SMILES string of the molecule is Cc1cc(N(C)C(=O)Nc2cnn(C(C)(C)C)c2)ccc1Oc1ccnc2ccc(S(C)=O)cc12. The molecule has 1 atom stereocenters. The van der Waals surface area contributed by atoms with Gasteiger partial charge in [-0.05, 0) is 75.7 Å². The van der Waals surface area contributed by atoms with Crippen molar-refractivity contribution in [3.05, 3.63) is 66.6 Å². The third-order valence-electron chi connectivity index (χ3n) is 5.60. The van der Waals surface area contributed by atoms with E-state index in [0.717, 1.165) is 22.2 Å². The fourth-order valence-corrected chi connectivity index (χ4v) is 4.07. The number of benzene rings is 2. The highest BCUT2D eigenvalue weighted by Crippen LogP contribution is 2.33. The normalized spacial score (nSPS) is 12.4. The number of ether oxygens (including phenoxy) is 1. The van der Waals surface area contributed by atoms with Gasteiger partial charge in [0.1, 0.15) is 11.5 Å². The van der Waals surface area contributed by atoms with Crippen LogP contribution in [0, 0.1) is 6.92 Å². The van der Waals surface area contributed by atoms with Gasteiger partial charge in [-0.25, -0.2) is 4.79 Å². The third kappa shape index (κ3) is 5.35. The van der Waals surface area contributed by atoms with E-state index in [2.05, 4.69) is 15.4 Å². The lowest BCUT2D eigenvalue weighted by Gasteiger charge is -2.20. The van der Waals surface area contributed by atoms with Gasteiger partial charge in [0.15, 0.2) is 0 Å². The van der Waals surface area contributed by atoms with E-state index in [1.165, 1.54) is 4.90 Å². The Morgan fingerprint density at radius 3 is 2.54 bits per heavy atom. The maximum Gasteiger partial charge on any atom is 0.326 e. The number of carbonyl (C=O) groups is 1. The van der Waals surface area contributed by atoms with Crippen LogP contribution in [-0.4, -0.2) is 38.3 Å². The van der Waals surface area contributed by atoms with E-state index in [1.807, 2.05) is 75.0 Å². The van der Waals surface area contributed by atoms with Crippen molar-refractivity contribution in [3.63, 3.8) is 0 Å². The average molecular weight is 492 g/mol. The molecule has 0 saturated heterocycles. The first-order valence-electron chi connectivity index (χ1n) is 11.1. The predicted molar refractivity (Wildman–Crippen MR) is 140 cm³/mol. The number of nitrogens with one attached hydrogen (secondary N) is 1. The first kappa shape index (κ1) is 24.4. The molecule has 0 radical (unpaired) electrons. The number of hydrogen-bond donors (Lipinski definition) is 1. The molecule has 1 unspecified atom stereocenters. The minimum Gasteiger partial charge on any atom is -0.456 e. The van der Waals surface area contributed by atoms with Gasteiger partial charge in [-0.15, -0.1) is 0 Å². The molecule has 0 bridgehead atoms. The van der Waals surface area contributed by atoms with Gasteiger partial charge in [-0.2, -0.15) is 5.10 Å². The van der Waals surface area contributed by atoms with Crippen LogP contribution in [0.15, 0.2) is 66.0 Å². The van der Waals surface area contributed by atoms with E-state index in [4.69, 9.17) is 4.74 Å². The summed E-state index contributed by atoms with van der Waals surface area (Å²) in [6.45, 7) is 8.06. The molecular formula is C26H29N5O3S. The molecule has 4 rings (SSSR count). The van der Waals surface area contributed by atoms with Crippen molar-refractivity contribution in [2.24, 2.45) is 0 Å². The summed E-state index contributed by atoms with van der Waals surface area (Å²) in [6, 6.07) is 12.6. The fraction of sp³-hybridized carbons (Fsp3) is 0.269. The van der Waals surface area contributed by atoms with Crippen LogP contribution in [0.1, 0.15) is 26.3 Å². The van der Waals surface area contributed by atoms with Crippen molar-refractivity contribution < 1.29 is 13.7 Å². The molecule has 0 aliphatic rings. The van der Waals surface area contributed by atoms with E-state index < -0.39 is 10.8 Å². The molecule has 2 aromatic carbocycles. The highest BCUT2D eigenvalue weighted by molar-refractivity contribution is 7.84. The van der Waals surface area contributed by atoms with Crippen molar-refractivity contribution in [1.29, 1.82) is 0 Å². The fourth-order valence-electron chi connectivity index (χ4n) is 3.52. The van der Waals surface area contributed by atoms with Gasteiger partial charge in [-0.1, -0.05) is 0 Å². The summed E-state index contributed by atoms with van der Waals surface area (Å²) in [7, 11) is 0.603. The highest BCUT2D eigenvalue weighted by Gasteiger charge is 2.17. The zero-order valence-corrected chi connectivity index (χ0v) is 21.5. The summed E-state index contributed by atoms with van der Waals surface area (Å²) in [6.07, 6.45) is 6.78. The summed E-state index contributed by atoms with van der Waals surface area (Å²) >= 11 is 0. The smallest absolute Gasteiger partial charge is 0.326 e. The zero-order chi connectivity index (χ0) is 25.3. The second kappa shape index (κ2) is 9.50. The predicted octanol–water partition coefficient (Wildman–Crippen LogP) is 5.69. The number of aromatic nitrogens is 3. The maximum atomic E-state index is 12.8. The second-order valence-corrected chi connectivity index (χ2v) is 10.7. The Morgan fingerprint density at radius 1 is 1.11 bits per heavy atom. The lowest BCUT2D eigenvalue weighted by atomic mass is 10.1. The van der Waals surface area contributed by atoms with E-state index >= 15 is 0 Å². The number of nitrogens with zero attached hydrogens (tertiary/aromatic N) is 4. The Labute approximate surface area is 207 Å². The van der Waals surface area contributed by atoms with E-state index in [9.17, 15) is 9.00 Å². The third-order valence-corrected chi connectivity index (χ3v) is 6.51. The van der Waals surface area contributed by atoms with Crippen molar-refractivity contribution in [2.75, 3.05) is 23.5 Å². The van der Waals surface area contributed by atoms with Crippen LogP contribution in [0.25, 0.3) is 10.9 Å². The lowest BCUT2D eigenvalue weighted by Crippen LogP contribution is -2.31. The Bertz CT molecular complexity index is 1420. The topological polar surface area (TPSA) is 89.3 Å². The maximum absolute atomic E-state index is 12.8. The van der Waals surface area contributed by atoms with Crippen molar-refractivity contribution in [3.8, 4) is 11.5 Å². The molecule has 35 heavy (non-hydrogen) atoms. The van der Waals surface area contributed by atoms with Crippen LogP contribution < -0.4 is 15.0 Å². The molecule has 9 heteroatoms. The number of pyridine rings is 1. The van der Waals surface area contributed by atoms with Crippen LogP contribution in [-0.2, 0) is 16.3 Å². The molecule has 0 aliphatic carbocycles. The number of aryl methyl sites for hydroxylation is 1. The molecule has 1 N–H and O–H groups in total. The summed E-state index contributed by atoms with van der Waals surface area (Å²) in [5.41, 5.74) is 2.81. The molecule has 0 spiro atoms. The molecule has 4 aromatic rings.